The second-order valence-electron chi connectivity index (χ2n) is 5.90. The van der Waals surface area contributed by atoms with Gasteiger partial charge in [0.2, 0.25) is 0 Å². The Morgan fingerprint density at radius 3 is 2.45 bits per heavy atom. The Morgan fingerprint density at radius 1 is 1.30 bits per heavy atom. The van der Waals surface area contributed by atoms with Crippen molar-refractivity contribution in [1.29, 1.82) is 0 Å². The van der Waals surface area contributed by atoms with Crippen molar-refractivity contribution in [2.24, 2.45) is 11.3 Å². The number of alkyl carbamates (subject to hydrolysis) is 1. The Balaban J connectivity index is 4.11. The van der Waals surface area contributed by atoms with Crippen molar-refractivity contribution < 1.29 is 19.4 Å². The summed E-state index contributed by atoms with van der Waals surface area (Å²) in [5.74, 6) is 0.528. The van der Waals surface area contributed by atoms with Gasteiger partial charge in [-0.1, -0.05) is 34.1 Å². The molecule has 1 atom stereocenters. The van der Waals surface area contributed by atoms with E-state index in [0.29, 0.717) is 12.5 Å². The molecule has 0 saturated heterocycles. The Morgan fingerprint density at radius 2 is 1.95 bits per heavy atom. The van der Waals surface area contributed by atoms with Gasteiger partial charge in [0.25, 0.3) is 0 Å². The van der Waals surface area contributed by atoms with Crippen molar-refractivity contribution >= 4 is 12.2 Å². The van der Waals surface area contributed by atoms with Crippen LogP contribution in [0.1, 0.15) is 47.0 Å². The van der Waals surface area contributed by atoms with Gasteiger partial charge in [0.15, 0.2) is 0 Å². The van der Waals surface area contributed by atoms with Gasteiger partial charge in [0.05, 0.1) is 0 Å². The van der Waals surface area contributed by atoms with Crippen LogP contribution in [0, 0.1) is 11.3 Å². The lowest BCUT2D eigenvalue weighted by molar-refractivity contribution is 0.0837. The smallest absolute Gasteiger partial charge is 0.407 e. The highest BCUT2D eigenvalue weighted by molar-refractivity contribution is 5.67. The van der Waals surface area contributed by atoms with Crippen LogP contribution in [0.2, 0.25) is 0 Å². The van der Waals surface area contributed by atoms with Crippen molar-refractivity contribution in [1.82, 2.24) is 10.6 Å². The van der Waals surface area contributed by atoms with Crippen LogP contribution in [0.3, 0.4) is 0 Å². The summed E-state index contributed by atoms with van der Waals surface area (Å²) in [6.45, 7) is 9.17. The third kappa shape index (κ3) is 9.47. The number of ether oxygens (including phenoxy) is 1. The van der Waals surface area contributed by atoms with E-state index >= 15 is 0 Å². The second-order valence-corrected chi connectivity index (χ2v) is 5.90. The lowest BCUT2D eigenvalue weighted by atomic mass is 9.86. The molecule has 2 amide bonds. The highest BCUT2D eigenvalue weighted by Crippen LogP contribution is 2.22. The average Bonchev–Trinajstić information content (AvgIpc) is 2.34. The van der Waals surface area contributed by atoms with Gasteiger partial charge >= 0.3 is 12.2 Å². The molecule has 0 radical (unpaired) electrons. The van der Waals surface area contributed by atoms with Gasteiger partial charge < -0.3 is 20.5 Å². The number of carbonyl (C=O) groups is 2. The summed E-state index contributed by atoms with van der Waals surface area (Å²) in [7, 11) is 0. The molecule has 3 N–H and O–H groups in total. The Labute approximate surface area is 121 Å². The Hall–Kier alpha value is -1.46. The molecule has 6 nitrogen and oxygen atoms in total. The van der Waals surface area contributed by atoms with Gasteiger partial charge in [-0.05, 0) is 18.8 Å². The van der Waals surface area contributed by atoms with Crippen molar-refractivity contribution in [3.05, 3.63) is 0 Å². The van der Waals surface area contributed by atoms with E-state index in [0.717, 1.165) is 19.3 Å². The van der Waals surface area contributed by atoms with Crippen LogP contribution in [-0.4, -0.2) is 37.0 Å². The van der Waals surface area contributed by atoms with E-state index in [1.54, 1.807) is 0 Å². The van der Waals surface area contributed by atoms with Gasteiger partial charge in [-0.2, -0.15) is 0 Å². The zero-order valence-electron chi connectivity index (χ0n) is 13.0. The van der Waals surface area contributed by atoms with Crippen LogP contribution in [-0.2, 0) is 4.74 Å². The zero-order valence-corrected chi connectivity index (χ0v) is 13.0. The lowest BCUT2D eigenvalue weighted by Gasteiger charge is -2.28. The quantitative estimate of drug-likeness (QED) is 0.609. The summed E-state index contributed by atoms with van der Waals surface area (Å²) in [5, 5.41) is 13.7. The van der Waals surface area contributed by atoms with Crippen LogP contribution in [0.15, 0.2) is 0 Å². The number of hydrogen-bond acceptors (Lipinski definition) is 3. The topological polar surface area (TPSA) is 87.7 Å². The molecule has 0 aromatic heterocycles. The zero-order chi connectivity index (χ0) is 15.6. The predicted molar refractivity (Wildman–Crippen MR) is 77.8 cm³/mol. The third-order valence-electron chi connectivity index (χ3n) is 3.06. The van der Waals surface area contributed by atoms with Gasteiger partial charge in [0, 0.05) is 18.5 Å². The number of hydrogen-bond donors (Lipinski definition) is 3. The largest absolute Gasteiger partial charge is 0.465 e. The fourth-order valence-electron chi connectivity index (χ4n) is 1.86. The second kappa shape index (κ2) is 9.44. The summed E-state index contributed by atoms with van der Waals surface area (Å²) in [6, 6.07) is 0. The molecule has 0 aliphatic heterocycles. The number of amides is 2. The number of rotatable bonds is 9. The first-order chi connectivity index (χ1) is 9.29. The number of carbonyl (C=O) groups excluding carboxylic acids is 1. The summed E-state index contributed by atoms with van der Waals surface area (Å²) in [5.41, 5.74) is -0.372. The molecule has 0 saturated carbocycles. The van der Waals surface area contributed by atoms with E-state index < -0.39 is 12.2 Å². The van der Waals surface area contributed by atoms with E-state index in [4.69, 9.17) is 9.84 Å². The van der Waals surface area contributed by atoms with Crippen molar-refractivity contribution in [2.75, 3.05) is 19.7 Å². The summed E-state index contributed by atoms with van der Waals surface area (Å²) >= 11 is 0. The molecule has 20 heavy (non-hydrogen) atoms. The van der Waals surface area contributed by atoms with Crippen molar-refractivity contribution in [3.8, 4) is 0 Å². The van der Waals surface area contributed by atoms with Gasteiger partial charge in [-0.3, -0.25) is 0 Å². The first kappa shape index (κ1) is 18.5. The molecule has 0 fully saturated rings. The van der Waals surface area contributed by atoms with Crippen LogP contribution in [0.25, 0.3) is 0 Å². The SMILES string of the molecule is CCCC(C)(CNC(=O)O)COC(=O)NCCC(C)C. The average molecular weight is 288 g/mol. The molecule has 0 aromatic rings. The fourth-order valence-corrected chi connectivity index (χ4v) is 1.86. The van der Waals surface area contributed by atoms with Crippen LogP contribution < -0.4 is 10.6 Å². The molecule has 118 valence electrons. The van der Waals surface area contributed by atoms with E-state index in [1.807, 2.05) is 13.8 Å². The molecule has 6 heteroatoms. The highest BCUT2D eigenvalue weighted by atomic mass is 16.5. The Kier molecular flexibility index (Phi) is 8.76. The minimum Gasteiger partial charge on any atom is -0.465 e. The molecule has 0 heterocycles. The number of carboxylic acid groups (broad SMARTS) is 1. The molecule has 0 aliphatic carbocycles. The minimum absolute atomic E-state index is 0.203. The first-order valence-corrected chi connectivity index (χ1v) is 7.16. The van der Waals surface area contributed by atoms with Crippen LogP contribution in [0.4, 0.5) is 9.59 Å². The maximum Gasteiger partial charge on any atom is 0.407 e. The molecule has 0 aromatic carbocycles. The standard InChI is InChI=1S/C14H28N2O4/c1-5-7-14(4,9-16-12(17)18)10-20-13(19)15-8-6-11(2)3/h11,16H,5-10H2,1-4H3,(H,15,19)(H,17,18). The van der Waals surface area contributed by atoms with E-state index in [-0.39, 0.29) is 18.6 Å². The molecular formula is C14H28N2O4. The van der Waals surface area contributed by atoms with Crippen LogP contribution in [0.5, 0.6) is 0 Å². The molecule has 0 bridgehead atoms. The minimum atomic E-state index is -1.06. The maximum atomic E-state index is 11.5. The van der Waals surface area contributed by atoms with Gasteiger partial charge in [-0.15, -0.1) is 0 Å². The summed E-state index contributed by atoms with van der Waals surface area (Å²) in [6.07, 6.45) is 1.09. The first-order valence-electron chi connectivity index (χ1n) is 7.16. The molecule has 1 unspecified atom stereocenters. The summed E-state index contributed by atoms with van der Waals surface area (Å²) in [4.78, 5) is 22.1. The molecule has 0 aliphatic rings. The monoisotopic (exact) mass is 288 g/mol. The molecular weight excluding hydrogens is 260 g/mol. The predicted octanol–water partition coefficient (Wildman–Crippen LogP) is 2.83. The summed E-state index contributed by atoms with van der Waals surface area (Å²) < 4.78 is 5.19. The van der Waals surface area contributed by atoms with Crippen molar-refractivity contribution in [3.63, 3.8) is 0 Å². The number of nitrogens with one attached hydrogen (secondary N) is 2. The maximum absolute atomic E-state index is 11.5. The van der Waals surface area contributed by atoms with E-state index in [1.165, 1.54) is 0 Å². The van der Waals surface area contributed by atoms with Gasteiger partial charge in [-0.25, -0.2) is 9.59 Å². The van der Waals surface area contributed by atoms with Crippen molar-refractivity contribution in [2.45, 2.75) is 47.0 Å². The molecule has 0 rings (SSSR count). The van der Waals surface area contributed by atoms with Crippen LogP contribution >= 0.6 is 0 Å². The highest BCUT2D eigenvalue weighted by Gasteiger charge is 2.26. The van der Waals surface area contributed by atoms with E-state index in [9.17, 15) is 9.59 Å². The Bertz CT molecular complexity index is 308. The lowest BCUT2D eigenvalue weighted by Crippen LogP contribution is -2.40. The molecule has 0 spiro atoms. The third-order valence-corrected chi connectivity index (χ3v) is 3.06. The van der Waals surface area contributed by atoms with Gasteiger partial charge in [0.1, 0.15) is 6.61 Å². The van der Waals surface area contributed by atoms with E-state index in [2.05, 4.69) is 24.5 Å². The fraction of sp³-hybridized carbons (Fsp3) is 0.857. The normalized spacial score (nSPS) is 13.7.